The molecule has 2 aromatic heterocycles. The smallest absolute Gasteiger partial charge is 0.259 e. The Kier molecular flexibility index (Phi) is 7.47. The molecule has 2 atom stereocenters. The lowest BCUT2D eigenvalue weighted by atomic mass is 9.89. The number of aromatic nitrogens is 2. The van der Waals surface area contributed by atoms with E-state index in [1.54, 1.807) is 11.3 Å². The van der Waals surface area contributed by atoms with Crippen molar-refractivity contribution in [3.63, 3.8) is 0 Å². The molecule has 0 saturated heterocycles. The van der Waals surface area contributed by atoms with Crippen molar-refractivity contribution in [1.82, 2.24) is 14.9 Å². The average molecular weight is 448 g/mol. The molecular weight excluding hydrogens is 410 g/mol. The molecule has 0 amide bonds. The molecule has 1 saturated carbocycles. The highest BCUT2D eigenvalue weighted by Crippen LogP contribution is 2.35. The van der Waals surface area contributed by atoms with E-state index in [1.807, 2.05) is 13.8 Å². The zero-order valence-corrected chi connectivity index (χ0v) is 20.0. The van der Waals surface area contributed by atoms with E-state index in [0.29, 0.717) is 37.5 Å². The molecule has 172 valence electrons. The van der Waals surface area contributed by atoms with E-state index in [2.05, 4.69) is 16.8 Å². The van der Waals surface area contributed by atoms with Gasteiger partial charge in [-0.1, -0.05) is 26.2 Å². The number of rotatable bonds is 8. The Balaban J connectivity index is 1.56. The Morgan fingerprint density at radius 1 is 1.26 bits per heavy atom. The maximum absolute atomic E-state index is 13.0. The van der Waals surface area contributed by atoms with Gasteiger partial charge in [0.25, 0.3) is 5.56 Å². The summed E-state index contributed by atoms with van der Waals surface area (Å²) < 4.78 is 5.63. The second-order valence-electron chi connectivity index (χ2n) is 9.80. The molecule has 2 aliphatic carbocycles. The zero-order valence-electron chi connectivity index (χ0n) is 19.2. The zero-order chi connectivity index (χ0) is 22.0. The summed E-state index contributed by atoms with van der Waals surface area (Å²) >= 11 is 1.70. The lowest BCUT2D eigenvalue weighted by Crippen LogP contribution is -2.43. The maximum Gasteiger partial charge on any atom is 0.259 e. The van der Waals surface area contributed by atoms with E-state index in [4.69, 9.17) is 9.72 Å². The maximum atomic E-state index is 13.0. The van der Waals surface area contributed by atoms with Gasteiger partial charge >= 0.3 is 0 Å². The van der Waals surface area contributed by atoms with Gasteiger partial charge in [-0.05, 0) is 57.4 Å². The number of nitrogens with one attached hydrogen (secondary N) is 1. The second kappa shape index (κ2) is 10.1. The molecule has 31 heavy (non-hydrogen) atoms. The van der Waals surface area contributed by atoms with Crippen molar-refractivity contribution < 1.29 is 9.84 Å². The molecule has 2 aliphatic rings. The van der Waals surface area contributed by atoms with Crippen LogP contribution < -0.4 is 5.56 Å². The number of H-pyrrole nitrogens is 1. The summed E-state index contributed by atoms with van der Waals surface area (Å²) in [5.74, 6) is 1.39. The number of fused-ring (bicyclic) bond motifs is 3. The molecule has 0 aromatic carbocycles. The molecule has 0 unspecified atom stereocenters. The van der Waals surface area contributed by atoms with Crippen LogP contribution in [0.15, 0.2) is 4.79 Å². The van der Waals surface area contributed by atoms with E-state index in [-0.39, 0.29) is 11.7 Å². The fourth-order valence-corrected chi connectivity index (χ4v) is 6.48. The van der Waals surface area contributed by atoms with Crippen molar-refractivity contribution in [2.75, 3.05) is 13.2 Å². The first-order valence-electron chi connectivity index (χ1n) is 12.0. The molecule has 2 N–H and O–H groups in total. The minimum atomic E-state index is -0.546. The highest BCUT2D eigenvalue weighted by Gasteiger charge is 2.26. The first kappa shape index (κ1) is 22.9. The Hall–Kier alpha value is -1.28. The fraction of sp³-hybridized carbons (Fsp3) is 0.750. The third-order valence-electron chi connectivity index (χ3n) is 6.73. The standard InChI is InChI=1S/C24H37N3O3S/c1-15(2)30-14-18(28)12-27(17-7-5-4-6-8-17)13-21-25-23(29)22-19-10-9-16(3)11-20(19)31-24(22)26-21/h15-18,28H,4-14H2,1-3H3,(H,25,26,29)/t16-,18-/m0/s1. The van der Waals surface area contributed by atoms with Gasteiger partial charge in [-0.3, -0.25) is 9.69 Å². The predicted molar refractivity (Wildman–Crippen MR) is 126 cm³/mol. The van der Waals surface area contributed by atoms with Crippen LogP contribution in [0.3, 0.4) is 0 Å². The molecule has 0 aliphatic heterocycles. The number of aliphatic hydroxyl groups excluding tert-OH is 1. The molecule has 7 heteroatoms. The summed E-state index contributed by atoms with van der Waals surface area (Å²) in [6.07, 6.45) is 8.73. The first-order chi connectivity index (χ1) is 14.9. The number of aliphatic hydroxyl groups is 1. The molecule has 6 nitrogen and oxygen atoms in total. The second-order valence-corrected chi connectivity index (χ2v) is 10.9. The van der Waals surface area contributed by atoms with Gasteiger partial charge in [0.1, 0.15) is 10.7 Å². The van der Waals surface area contributed by atoms with Crippen LogP contribution in [0.5, 0.6) is 0 Å². The SMILES string of the molecule is CC(C)OC[C@@H](O)CN(Cc1nc2sc3c(c2c(=O)[nH]1)CC[C@H](C)C3)C1CCCCC1. The number of ether oxygens (including phenoxy) is 1. The highest BCUT2D eigenvalue weighted by molar-refractivity contribution is 7.18. The minimum Gasteiger partial charge on any atom is -0.389 e. The normalized spacial score (nSPS) is 21.2. The number of hydrogen-bond acceptors (Lipinski definition) is 6. The molecule has 0 spiro atoms. The minimum absolute atomic E-state index is 0.000614. The Labute approximate surface area is 189 Å². The third kappa shape index (κ3) is 5.56. The van der Waals surface area contributed by atoms with Crippen LogP contribution >= 0.6 is 11.3 Å². The molecular formula is C24H37N3O3S. The topological polar surface area (TPSA) is 78.5 Å². The van der Waals surface area contributed by atoms with Crippen molar-refractivity contribution in [1.29, 1.82) is 0 Å². The average Bonchev–Trinajstić information content (AvgIpc) is 3.10. The summed E-state index contributed by atoms with van der Waals surface area (Å²) in [7, 11) is 0. The van der Waals surface area contributed by atoms with E-state index in [0.717, 1.165) is 42.3 Å². The Morgan fingerprint density at radius 3 is 2.77 bits per heavy atom. The number of aryl methyl sites for hydroxylation is 1. The molecule has 0 bridgehead atoms. The van der Waals surface area contributed by atoms with Gasteiger partial charge in [0.15, 0.2) is 0 Å². The van der Waals surface area contributed by atoms with Gasteiger partial charge in [0.2, 0.25) is 0 Å². The van der Waals surface area contributed by atoms with Crippen LogP contribution in [0.2, 0.25) is 0 Å². The largest absolute Gasteiger partial charge is 0.389 e. The van der Waals surface area contributed by atoms with Crippen molar-refractivity contribution >= 4 is 21.6 Å². The van der Waals surface area contributed by atoms with Gasteiger partial charge < -0.3 is 14.8 Å². The van der Waals surface area contributed by atoms with Crippen LogP contribution in [0, 0.1) is 5.92 Å². The Bertz CT molecular complexity index is 932. The molecule has 1 fully saturated rings. The quantitative estimate of drug-likeness (QED) is 0.639. The van der Waals surface area contributed by atoms with Crippen LogP contribution in [0.4, 0.5) is 0 Å². The van der Waals surface area contributed by atoms with Crippen LogP contribution in [0.1, 0.15) is 75.6 Å². The van der Waals surface area contributed by atoms with Crippen molar-refractivity contribution in [3.05, 3.63) is 26.6 Å². The molecule has 2 aromatic rings. The van der Waals surface area contributed by atoms with Crippen LogP contribution in [-0.2, 0) is 24.1 Å². The number of thiophene rings is 1. The van der Waals surface area contributed by atoms with Crippen molar-refractivity contribution in [3.8, 4) is 0 Å². The van der Waals surface area contributed by atoms with Crippen molar-refractivity contribution in [2.24, 2.45) is 5.92 Å². The Morgan fingerprint density at radius 2 is 2.03 bits per heavy atom. The van der Waals surface area contributed by atoms with Gasteiger partial charge in [0.05, 0.1) is 30.7 Å². The van der Waals surface area contributed by atoms with Gasteiger partial charge in [-0.2, -0.15) is 0 Å². The van der Waals surface area contributed by atoms with Gasteiger partial charge in [-0.15, -0.1) is 11.3 Å². The number of nitrogens with zero attached hydrogens (tertiary/aromatic N) is 2. The summed E-state index contributed by atoms with van der Waals surface area (Å²) in [6, 6.07) is 0.417. The summed E-state index contributed by atoms with van der Waals surface area (Å²) in [6.45, 7) is 7.69. The first-order valence-corrected chi connectivity index (χ1v) is 12.8. The van der Waals surface area contributed by atoms with Gasteiger partial charge in [0, 0.05) is 17.5 Å². The number of aromatic amines is 1. The van der Waals surface area contributed by atoms with E-state index >= 15 is 0 Å². The number of hydrogen-bond donors (Lipinski definition) is 2. The predicted octanol–water partition coefficient (Wildman–Crippen LogP) is 4.03. The van der Waals surface area contributed by atoms with Gasteiger partial charge in [-0.25, -0.2) is 4.98 Å². The molecule has 2 heterocycles. The lowest BCUT2D eigenvalue weighted by molar-refractivity contribution is -0.0189. The summed E-state index contributed by atoms with van der Waals surface area (Å²) in [5.41, 5.74) is 1.23. The van der Waals surface area contributed by atoms with Crippen LogP contribution in [-0.4, -0.2) is 51.4 Å². The molecule has 0 radical (unpaired) electrons. The summed E-state index contributed by atoms with van der Waals surface area (Å²) in [5, 5.41) is 11.4. The van der Waals surface area contributed by atoms with E-state index in [1.165, 1.54) is 29.7 Å². The van der Waals surface area contributed by atoms with E-state index in [9.17, 15) is 9.90 Å². The molecule has 4 rings (SSSR count). The monoisotopic (exact) mass is 447 g/mol. The fourth-order valence-electron chi connectivity index (χ4n) is 5.08. The van der Waals surface area contributed by atoms with Crippen molar-refractivity contribution in [2.45, 2.75) is 96.9 Å². The highest BCUT2D eigenvalue weighted by atomic mass is 32.1. The summed E-state index contributed by atoms with van der Waals surface area (Å²) in [4.78, 5) is 25.5. The van der Waals surface area contributed by atoms with Crippen LogP contribution in [0.25, 0.3) is 10.2 Å². The lowest BCUT2D eigenvalue weighted by Gasteiger charge is -2.35. The third-order valence-corrected chi connectivity index (χ3v) is 7.87. The van der Waals surface area contributed by atoms with E-state index < -0.39 is 6.10 Å².